The molecule has 0 bridgehead atoms. The molecule has 1 N–H and O–H groups in total. The molecule has 0 aromatic heterocycles. The SMILES string of the molecule is C=CCOc1ccc(/C=C/C(=O)N[C@H](C)c2cc(OC)ccc2OC)cc1. The Balaban J connectivity index is 2.00. The van der Waals surface area contributed by atoms with Gasteiger partial charge in [0.2, 0.25) is 5.91 Å². The van der Waals surface area contributed by atoms with Crippen molar-refractivity contribution in [3.63, 3.8) is 0 Å². The minimum Gasteiger partial charge on any atom is -0.497 e. The molecule has 0 aliphatic rings. The highest BCUT2D eigenvalue weighted by molar-refractivity contribution is 5.92. The Hall–Kier alpha value is -3.21. The zero-order valence-electron chi connectivity index (χ0n) is 15.9. The molecule has 27 heavy (non-hydrogen) atoms. The third kappa shape index (κ3) is 5.92. The van der Waals surface area contributed by atoms with Crippen molar-refractivity contribution in [3.8, 4) is 17.2 Å². The quantitative estimate of drug-likeness (QED) is 0.534. The van der Waals surface area contributed by atoms with Gasteiger partial charge in [-0.1, -0.05) is 24.8 Å². The fraction of sp³-hybridized carbons (Fsp3) is 0.227. The molecule has 0 saturated heterocycles. The molecule has 2 rings (SSSR count). The van der Waals surface area contributed by atoms with Gasteiger partial charge < -0.3 is 19.5 Å². The van der Waals surface area contributed by atoms with E-state index in [2.05, 4.69) is 11.9 Å². The highest BCUT2D eigenvalue weighted by Gasteiger charge is 2.14. The molecule has 0 unspecified atom stereocenters. The third-order valence-corrected chi connectivity index (χ3v) is 3.94. The highest BCUT2D eigenvalue weighted by atomic mass is 16.5. The van der Waals surface area contributed by atoms with Crippen molar-refractivity contribution in [2.75, 3.05) is 20.8 Å². The van der Waals surface area contributed by atoms with Gasteiger partial charge in [0.15, 0.2) is 0 Å². The Morgan fingerprint density at radius 2 is 1.81 bits per heavy atom. The molecule has 0 radical (unpaired) electrons. The second-order valence-corrected chi connectivity index (χ2v) is 5.84. The van der Waals surface area contributed by atoms with Gasteiger partial charge in [0.1, 0.15) is 23.9 Å². The van der Waals surface area contributed by atoms with Gasteiger partial charge in [0.05, 0.1) is 20.3 Å². The summed E-state index contributed by atoms with van der Waals surface area (Å²) in [6.07, 6.45) is 4.95. The summed E-state index contributed by atoms with van der Waals surface area (Å²) in [7, 11) is 3.20. The summed E-state index contributed by atoms with van der Waals surface area (Å²) >= 11 is 0. The summed E-state index contributed by atoms with van der Waals surface area (Å²) in [5.41, 5.74) is 1.75. The Kier molecular flexibility index (Phi) is 7.49. The van der Waals surface area contributed by atoms with Crippen LogP contribution in [0.1, 0.15) is 24.1 Å². The van der Waals surface area contributed by atoms with Gasteiger partial charge in [-0.2, -0.15) is 0 Å². The van der Waals surface area contributed by atoms with Gasteiger partial charge in [-0.25, -0.2) is 0 Å². The van der Waals surface area contributed by atoms with E-state index in [0.29, 0.717) is 18.1 Å². The number of carbonyl (C=O) groups excluding carboxylic acids is 1. The monoisotopic (exact) mass is 367 g/mol. The van der Waals surface area contributed by atoms with Crippen molar-refractivity contribution < 1.29 is 19.0 Å². The maximum Gasteiger partial charge on any atom is 0.244 e. The molecule has 1 atom stereocenters. The van der Waals surface area contributed by atoms with E-state index in [9.17, 15) is 4.79 Å². The number of methoxy groups -OCH3 is 2. The van der Waals surface area contributed by atoms with Crippen molar-refractivity contribution in [3.05, 3.63) is 72.3 Å². The molecular weight excluding hydrogens is 342 g/mol. The number of rotatable bonds is 9. The number of nitrogens with one attached hydrogen (secondary N) is 1. The lowest BCUT2D eigenvalue weighted by atomic mass is 10.1. The van der Waals surface area contributed by atoms with Crippen LogP contribution >= 0.6 is 0 Å². The van der Waals surface area contributed by atoms with Crippen LogP contribution in [0.3, 0.4) is 0 Å². The molecule has 2 aromatic carbocycles. The van der Waals surface area contributed by atoms with Crippen LogP contribution < -0.4 is 19.5 Å². The zero-order valence-corrected chi connectivity index (χ0v) is 15.9. The van der Waals surface area contributed by atoms with E-state index >= 15 is 0 Å². The van der Waals surface area contributed by atoms with E-state index in [4.69, 9.17) is 14.2 Å². The fourth-order valence-corrected chi connectivity index (χ4v) is 2.52. The number of hydrogen-bond acceptors (Lipinski definition) is 4. The van der Waals surface area contributed by atoms with Crippen molar-refractivity contribution in [1.82, 2.24) is 5.32 Å². The molecule has 142 valence electrons. The van der Waals surface area contributed by atoms with E-state index in [0.717, 1.165) is 16.9 Å². The average Bonchev–Trinajstić information content (AvgIpc) is 2.70. The highest BCUT2D eigenvalue weighted by Crippen LogP contribution is 2.29. The molecular formula is C22H25NO4. The molecule has 0 aliphatic carbocycles. The van der Waals surface area contributed by atoms with Gasteiger partial charge in [-0.15, -0.1) is 0 Å². The Morgan fingerprint density at radius 1 is 1.11 bits per heavy atom. The van der Waals surface area contributed by atoms with Crippen LogP contribution in [0, 0.1) is 0 Å². The molecule has 0 heterocycles. The van der Waals surface area contributed by atoms with Crippen LogP contribution in [0.15, 0.2) is 61.2 Å². The van der Waals surface area contributed by atoms with Crippen LogP contribution in [-0.2, 0) is 4.79 Å². The van der Waals surface area contributed by atoms with Gasteiger partial charge in [-0.05, 0) is 48.9 Å². The molecule has 5 nitrogen and oxygen atoms in total. The second kappa shape index (κ2) is 10.1. The zero-order chi connectivity index (χ0) is 19.6. The normalized spacial score (nSPS) is 11.7. The van der Waals surface area contributed by atoms with Crippen LogP contribution in [0.25, 0.3) is 6.08 Å². The van der Waals surface area contributed by atoms with Crippen molar-refractivity contribution >= 4 is 12.0 Å². The topological polar surface area (TPSA) is 56.8 Å². The van der Waals surface area contributed by atoms with Gasteiger partial charge in [0, 0.05) is 11.6 Å². The first-order valence-electron chi connectivity index (χ1n) is 8.61. The smallest absolute Gasteiger partial charge is 0.244 e. The predicted octanol–water partition coefficient (Wildman–Crippen LogP) is 4.16. The summed E-state index contributed by atoms with van der Waals surface area (Å²) in [6.45, 7) is 5.97. The summed E-state index contributed by atoms with van der Waals surface area (Å²) < 4.78 is 16.1. The number of benzene rings is 2. The van der Waals surface area contributed by atoms with Crippen LogP contribution in [0.4, 0.5) is 0 Å². The minimum atomic E-state index is -0.234. The standard InChI is InChI=1S/C22H25NO4/c1-5-14-27-18-9-6-17(7-10-18)8-13-22(24)23-16(2)20-15-19(25-3)11-12-21(20)26-4/h5-13,15-16H,1,14H2,2-4H3,(H,23,24)/b13-8+/t16-/m1/s1. The van der Waals surface area contributed by atoms with Crippen molar-refractivity contribution in [2.45, 2.75) is 13.0 Å². The molecule has 0 saturated carbocycles. The van der Waals surface area contributed by atoms with Crippen LogP contribution in [0.2, 0.25) is 0 Å². The lowest BCUT2D eigenvalue weighted by molar-refractivity contribution is -0.117. The van der Waals surface area contributed by atoms with E-state index in [1.54, 1.807) is 26.4 Å². The van der Waals surface area contributed by atoms with E-state index in [1.165, 1.54) is 6.08 Å². The van der Waals surface area contributed by atoms with Crippen molar-refractivity contribution in [2.24, 2.45) is 0 Å². The third-order valence-electron chi connectivity index (χ3n) is 3.94. The Labute approximate surface area is 160 Å². The van der Waals surface area contributed by atoms with Gasteiger partial charge in [-0.3, -0.25) is 4.79 Å². The summed E-state index contributed by atoms with van der Waals surface area (Å²) in [4.78, 5) is 12.3. The molecule has 5 heteroatoms. The maximum atomic E-state index is 12.3. The van der Waals surface area contributed by atoms with Gasteiger partial charge in [0.25, 0.3) is 0 Å². The van der Waals surface area contributed by atoms with E-state index < -0.39 is 0 Å². The average molecular weight is 367 g/mol. The molecule has 0 fully saturated rings. The summed E-state index contributed by atoms with van der Waals surface area (Å²) in [6, 6.07) is 12.7. The number of ether oxygens (including phenoxy) is 3. The van der Waals surface area contributed by atoms with Crippen LogP contribution in [-0.4, -0.2) is 26.7 Å². The number of amides is 1. The maximum absolute atomic E-state index is 12.3. The summed E-state index contributed by atoms with van der Waals surface area (Å²) in [5.74, 6) is 1.97. The van der Waals surface area contributed by atoms with Crippen molar-refractivity contribution in [1.29, 1.82) is 0 Å². The van der Waals surface area contributed by atoms with E-state index in [1.807, 2.05) is 49.4 Å². The molecule has 0 spiro atoms. The fourth-order valence-electron chi connectivity index (χ4n) is 2.52. The summed E-state index contributed by atoms with van der Waals surface area (Å²) in [5, 5.41) is 2.93. The lowest BCUT2D eigenvalue weighted by Gasteiger charge is -2.17. The first kappa shape index (κ1) is 20.1. The van der Waals surface area contributed by atoms with Crippen LogP contribution in [0.5, 0.6) is 17.2 Å². The Morgan fingerprint density at radius 3 is 2.44 bits per heavy atom. The first-order valence-corrected chi connectivity index (χ1v) is 8.61. The molecule has 1 amide bonds. The predicted molar refractivity (Wildman–Crippen MR) is 107 cm³/mol. The number of carbonyl (C=O) groups is 1. The minimum absolute atomic E-state index is 0.195. The largest absolute Gasteiger partial charge is 0.497 e. The van der Waals surface area contributed by atoms with E-state index in [-0.39, 0.29) is 11.9 Å². The Bertz CT molecular complexity index is 796. The second-order valence-electron chi connectivity index (χ2n) is 5.84. The lowest BCUT2D eigenvalue weighted by Crippen LogP contribution is -2.25. The van der Waals surface area contributed by atoms with Gasteiger partial charge >= 0.3 is 0 Å². The first-order chi connectivity index (χ1) is 13.1. The molecule has 2 aromatic rings. The molecule has 0 aliphatic heterocycles. The number of hydrogen-bond donors (Lipinski definition) is 1.